The molecule has 2 heterocycles. The molecular weight excluding hydrogens is 184 g/mol. The van der Waals surface area contributed by atoms with Crippen LogP contribution in [0, 0.1) is 0 Å². The fourth-order valence-corrected chi connectivity index (χ4v) is 2.13. The number of hydrogen-bond donors (Lipinski definition) is 1. The third-order valence-corrected chi connectivity index (χ3v) is 2.84. The second kappa shape index (κ2) is 3.89. The normalized spacial score (nSPS) is 18.6. The van der Waals surface area contributed by atoms with Crippen LogP contribution in [0.4, 0.5) is 0 Å². The highest BCUT2D eigenvalue weighted by atomic mass is 32.1. The van der Waals surface area contributed by atoms with Crippen molar-refractivity contribution in [2.45, 2.75) is 6.54 Å². The van der Waals surface area contributed by atoms with Crippen molar-refractivity contribution < 1.29 is 4.79 Å². The van der Waals surface area contributed by atoms with E-state index in [4.69, 9.17) is 0 Å². The fourth-order valence-electron chi connectivity index (χ4n) is 1.47. The van der Waals surface area contributed by atoms with Crippen LogP contribution in [0.25, 0.3) is 0 Å². The van der Waals surface area contributed by atoms with E-state index >= 15 is 0 Å². The first-order valence-corrected chi connectivity index (χ1v) is 5.29. The Morgan fingerprint density at radius 2 is 2.54 bits per heavy atom. The topological polar surface area (TPSA) is 32.3 Å². The molecule has 1 aliphatic rings. The summed E-state index contributed by atoms with van der Waals surface area (Å²) in [6.07, 6.45) is 0. The van der Waals surface area contributed by atoms with E-state index in [1.807, 2.05) is 0 Å². The number of carbonyl (C=O) groups is 1. The number of thiophene rings is 1. The summed E-state index contributed by atoms with van der Waals surface area (Å²) in [4.78, 5) is 13.2. The van der Waals surface area contributed by atoms with Crippen LogP contribution in [0.3, 0.4) is 0 Å². The highest BCUT2D eigenvalue weighted by Crippen LogP contribution is 2.09. The molecule has 0 spiro atoms. The molecule has 0 aliphatic carbocycles. The largest absolute Gasteiger partial charge is 0.354 e. The maximum atomic E-state index is 11.1. The summed E-state index contributed by atoms with van der Waals surface area (Å²) in [7, 11) is 0. The van der Waals surface area contributed by atoms with Crippen LogP contribution >= 0.6 is 11.3 Å². The summed E-state index contributed by atoms with van der Waals surface area (Å²) in [6.45, 7) is 3.18. The lowest BCUT2D eigenvalue weighted by molar-refractivity contribution is -0.124. The minimum Gasteiger partial charge on any atom is -0.354 e. The van der Waals surface area contributed by atoms with E-state index in [0.717, 1.165) is 19.6 Å². The van der Waals surface area contributed by atoms with Gasteiger partial charge in [0.05, 0.1) is 6.54 Å². The van der Waals surface area contributed by atoms with Crippen LogP contribution in [0.5, 0.6) is 0 Å². The molecule has 1 N–H and O–H groups in total. The molecule has 0 saturated carbocycles. The van der Waals surface area contributed by atoms with Crippen LogP contribution < -0.4 is 5.32 Å². The Balaban J connectivity index is 1.91. The van der Waals surface area contributed by atoms with Crippen LogP contribution in [0.2, 0.25) is 0 Å². The third-order valence-electron chi connectivity index (χ3n) is 2.10. The van der Waals surface area contributed by atoms with E-state index in [1.54, 1.807) is 11.3 Å². The van der Waals surface area contributed by atoms with Crippen LogP contribution in [0.15, 0.2) is 16.8 Å². The van der Waals surface area contributed by atoms with Gasteiger partial charge in [0, 0.05) is 19.6 Å². The highest BCUT2D eigenvalue weighted by molar-refractivity contribution is 7.07. The molecule has 13 heavy (non-hydrogen) atoms. The van der Waals surface area contributed by atoms with Gasteiger partial charge in [0.25, 0.3) is 0 Å². The molecule has 4 heteroatoms. The monoisotopic (exact) mass is 196 g/mol. The van der Waals surface area contributed by atoms with Crippen molar-refractivity contribution in [1.29, 1.82) is 0 Å². The summed E-state index contributed by atoms with van der Waals surface area (Å²) in [5.74, 6) is 0.140. The van der Waals surface area contributed by atoms with E-state index in [0.29, 0.717) is 6.54 Å². The molecule has 1 saturated heterocycles. The Labute approximate surface area is 81.4 Å². The molecule has 0 atom stereocenters. The Bertz CT molecular complexity index is 284. The van der Waals surface area contributed by atoms with Gasteiger partial charge in [-0.05, 0) is 22.4 Å². The molecule has 1 aromatic rings. The van der Waals surface area contributed by atoms with Crippen molar-refractivity contribution >= 4 is 17.2 Å². The van der Waals surface area contributed by atoms with E-state index in [1.165, 1.54) is 5.56 Å². The average molecular weight is 196 g/mol. The number of piperazine rings is 1. The van der Waals surface area contributed by atoms with Crippen molar-refractivity contribution in [3.05, 3.63) is 22.4 Å². The smallest absolute Gasteiger partial charge is 0.234 e. The Hall–Kier alpha value is -0.870. The molecular formula is C9H12N2OS. The number of carbonyl (C=O) groups excluding carboxylic acids is 1. The molecule has 0 bridgehead atoms. The molecule has 0 unspecified atom stereocenters. The average Bonchev–Trinajstić information content (AvgIpc) is 2.57. The number of rotatable bonds is 2. The quantitative estimate of drug-likeness (QED) is 0.754. The fraction of sp³-hybridized carbons (Fsp3) is 0.444. The van der Waals surface area contributed by atoms with Gasteiger partial charge in [0.15, 0.2) is 0 Å². The first kappa shape index (κ1) is 8.72. The summed E-state index contributed by atoms with van der Waals surface area (Å²) in [5.41, 5.74) is 1.31. The summed E-state index contributed by atoms with van der Waals surface area (Å²) in [6, 6.07) is 2.11. The van der Waals surface area contributed by atoms with Crippen LogP contribution in [-0.4, -0.2) is 30.4 Å². The lowest BCUT2D eigenvalue weighted by Crippen LogP contribution is -2.47. The van der Waals surface area contributed by atoms with Crippen molar-refractivity contribution in [2.75, 3.05) is 19.6 Å². The van der Waals surface area contributed by atoms with E-state index in [2.05, 4.69) is 27.0 Å². The molecule has 2 rings (SSSR count). The maximum absolute atomic E-state index is 11.1. The first-order chi connectivity index (χ1) is 6.34. The van der Waals surface area contributed by atoms with Crippen LogP contribution in [0.1, 0.15) is 5.56 Å². The van der Waals surface area contributed by atoms with Gasteiger partial charge in [-0.1, -0.05) is 0 Å². The lowest BCUT2D eigenvalue weighted by Gasteiger charge is -2.25. The molecule has 1 fully saturated rings. The van der Waals surface area contributed by atoms with Crippen molar-refractivity contribution in [1.82, 2.24) is 10.2 Å². The molecule has 0 aromatic carbocycles. The van der Waals surface area contributed by atoms with E-state index in [9.17, 15) is 4.79 Å². The highest BCUT2D eigenvalue weighted by Gasteiger charge is 2.15. The van der Waals surface area contributed by atoms with Gasteiger partial charge in [0.2, 0.25) is 5.91 Å². The number of hydrogen-bond acceptors (Lipinski definition) is 3. The van der Waals surface area contributed by atoms with Gasteiger partial charge in [0.1, 0.15) is 0 Å². The maximum Gasteiger partial charge on any atom is 0.234 e. The lowest BCUT2D eigenvalue weighted by atomic mass is 10.3. The summed E-state index contributed by atoms with van der Waals surface area (Å²) >= 11 is 1.70. The minimum absolute atomic E-state index is 0.140. The van der Waals surface area contributed by atoms with Crippen molar-refractivity contribution in [3.63, 3.8) is 0 Å². The Kier molecular flexibility index (Phi) is 2.61. The van der Waals surface area contributed by atoms with Crippen LogP contribution in [-0.2, 0) is 11.3 Å². The van der Waals surface area contributed by atoms with Gasteiger partial charge in [-0.25, -0.2) is 0 Å². The minimum atomic E-state index is 0.140. The zero-order valence-electron chi connectivity index (χ0n) is 7.32. The number of amides is 1. The van der Waals surface area contributed by atoms with Crippen molar-refractivity contribution in [3.8, 4) is 0 Å². The predicted molar refractivity (Wildman–Crippen MR) is 52.6 cm³/mol. The summed E-state index contributed by atoms with van der Waals surface area (Å²) < 4.78 is 0. The molecule has 3 nitrogen and oxygen atoms in total. The van der Waals surface area contributed by atoms with Gasteiger partial charge >= 0.3 is 0 Å². The first-order valence-electron chi connectivity index (χ1n) is 4.35. The zero-order valence-corrected chi connectivity index (χ0v) is 8.14. The second-order valence-electron chi connectivity index (χ2n) is 3.19. The van der Waals surface area contributed by atoms with Gasteiger partial charge < -0.3 is 5.32 Å². The van der Waals surface area contributed by atoms with Gasteiger partial charge in [-0.15, -0.1) is 0 Å². The molecule has 0 radical (unpaired) electrons. The SMILES string of the molecule is O=C1CN(Cc2ccsc2)CCN1. The predicted octanol–water partition coefficient (Wildman–Crippen LogP) is 0.680. The van der Waals surface area contributed by atoms with Gasteiger partial charge in [-0.2, -0.15) is 11.3 Å². The van der Waals surface area contributed by atoms with E-state index < -0.39 is 0 Å². The second-order valence-corrected chi connectivity index (χ2v) is 3.97. The third kappa shape index (κ3) is 2.29. The number of nitrogens with one attached hydrogen (secondary N) is 1. The number of nitrogens with zero attached hydrogens (tertiary/aromatic N) is 1. The standard InChI is InChI=1S/C9H12N2OS/c12-9-6-11(3-2-10-9)5-8-1-4-13-7-8/h1,4,7H,2-3,5-6H2,(H,10,12). The van der Waals surface area contributed by atoms with E-state index in [-0.39, 0.29) is 5.91 Å². The molecule has 70 valence electrons. The summed E-state index contributed by atoms with van der Waals surface area (Å²) in [5, 5.41) is 7.01. The molecule has 1 aliphatic heterocycles. The molecule has 1 aromatic heterocycles. The molecule has 1 amide bonds. The van der Waals surface area contributed by atoms with Gasteiger partial charge in [-0.3, -0.25) is 9.69 Å². The van der Waals surface area contributed by atoms with Crippen molar-refractivity contribution in [2.24, 2.45) is 0 Å². The Morgan fingerprint density at radius 3 is 3.23 bits per heavy atom. The Morgan fingerprint density at radius 1 is 1.62 bits per heavy atom. The zero-order chi connectivity index (χ0) is 9.10.